The zero-order valence-corrected chi connectivity index (χ0v) is 12.9. The summed E-state index contributed by atoms with van der Waals surface area (Å²) in [5, 5.41) is 7.98. The molecule has 0 saturated carbocycles. The van der Waals surface area contributed by atoms with Gasteiger partial charge in [0, 0.05) is 10.9 Å². The summed E-state index contributed by atoms with van der Waals surface area (Å²) < 4.78 is 10.5. The molecular formula is C14H17N3O3S. The SMILES string of the molecule is CNCC(=O)Nc1nc(-c2ccc(OC)c(OC)c2)cs1. The van der Waals surface area contributed by atoms with Crippen LogP contribution in [0.4, 0.5) is 5.13 Å². The third kappa shape index (κ3) is 3.71. The Labute approximate surface area is 127 Å². The largest absolute Gasteiger partial charge is 0.493 e. The molecule has 0 spiro atoms. The fourth-order valence-electron chi connectivity index (χ4n) is 1.78. The van der Waals surface area contributed by atoms with E-state index in [0.717, 1.165) is 11.3 Å². The van der Waals surface area contributed by atoms with E-state index in [1.807, 2.05) is 23.6 Å². The van der Waals surface area contributed by atoms with E-state index < -0.39 is 0 Å². The highest BCUT2D eigenvalue weighted by Gasteiger charge is 2.10. The van der Waals surface area contributed by atoms with E-state index in [4.69, 9.17) is 9.47 Å². The minimum Gasteiger partial charge on any atom is -0.493 e. The standard InChI is InChI=1S/C14H17N3O3S/c1-15-7-13(18)17-14-16-10(8-21-14)9-4-5-11(19-2)12(6-9)20-3/h4-6,8,15H,7H2,1-3H3,(H,16,17,18). The van der Waals surface area contributed by atoms with Gasteiger partial charge >= 0.3 is 0 Å². The number of thiazole rings is 1. The van der Waals surface area contributed by atoms with Gasteiger partial charge in [-0.1, -0.05) is 0 Å². The zero-order chi connectivity index (χ0) is 15.2. The molecule has 2 aromatic rings. The van der Waals surface area contributed by atoms with Crippen molar-refractivity contribution in [1.82, 2.24) is 10.3 Å². The summed E-state index contributed by atoms with van der Waals surface area (Å²) in [4.78, 5) is 15.9. The van der Waals surface area contributed by atoms with Crippen molar-refractivity contribution in [2.75, 3.05) is 33.1 Å². The number of nitrogens with one attached hydrogen (secondary N) is 2. The molecule has 6 nitrogen and oxygen atoms in total. The molecule has 1 heterocycles. The van der Waals surface area contributed by atoms with Crippen molar-refractivity contribution in [2.45, 2.75) is 0 Å². The van der Waals surface area contributed by atoms with Crippen molar-refractivity contribution in [1.29, 1.82) is 0 Å². The van der Waals surface area contributed by atoms with Crippen LogP contribution >= 0.6 is 11.3 Å². The predicted molar refractivity (Wildman–Crippen MR) is 83.2 cm³/mol. The van der Waals surface area contributed by atoms with Crippen molar-refractivity contribution in [3.63, 3.8) is 0 Å². The van der Waals surface area contributed by atoms with Crippen LogP contribution in [0.3, 0.4) is 0 Å². The van der Waals surface area contributed by atoms with Gasteiger partial charge in [-0.2, -0.15) is 0 Å². The highest BCUT2D eigenvalue weighted by atomic mass is 32.1. The second-order valence-corrected chi connectivity index (χ2v) is 5.04. The van der Waals surface area contributed by atoms with Crippen LogP contribution in [0.5, 0.6) is 11.5 Å². The van der Waals surface area contributed by atoms with E-state index in [0.29, 0.717) is 16.6 Å². The van der Waals surface area contributed by atoms with Gasteiger partial charge in [0.25, 0.3) is 0 Å². The highest BCUT2D eigenvalue weighted by molar-refractivity contribution is 7.14. The lowest BCUT2D eigenvalue weighted by molar-refractivity contribution is -0.115. The number of ether oxygens (including phenoxy) is 2. The maximum Gasteiger partial charge on any atom is 0.240 e. The van der Waals surface area contributed by atoms with Gasteiger partial charge in [0.2, 0.25) is 5.91 Å². The second-order valence-electron chi connectivity index (χ2n) is 4.19. The van der Waals surface area contributed by atoms with Gasteiger partial charge in [0.15, 0.2) is 16.6 Å². The minimum absolute atomic E-state index is 0.120. The van der Waals surface area contributed by atoms with Gasteiger partial charge < -0.3 is 20.1 Å². The Morgan fingerprint density at radius 1 is 1.29 bits per heavy atom. The van der Waals surface area contributed by atoms with Gasteiger partial charge in [-0.15, -0.1) is 11.3 Å². The average Bonchev–Trinajstić information content (AvgIpc) is 2.95. The Morgan fingerprint density at radius 3 is 2.71 bits per heavy atom. The second kappa shape index (κ2) is 7.05. The lowest BCUT2D eigenvalue weighted by Gasteiger charge is -2.08. The first-order valence-corrected chi connectivity index (χ1v) is 7.18. The number of carbonyl (C=O) groups is 1. The van der Waals surface area contributed by atoms with Crippen molar-refractivity contribution < 1.29 is 14.3 Å². The first-order chi connectivity index (χ1) is 10.2. The van der Waals surface area contributed by atoms with Crippen LogP contribution < -0.4 is 20.1 Å². The molecule has 0 fully saturated rings. The van der Waals surface area contributed by atoms with Crippen LogP contribution in [0.1, 0.15) is 0 Å². The molecule has 2 rings (SSSR count). The molecule has 1 amide bonds. The maximum atomic E-state index is 11.5. The lowest BCUT2D eigenvalue weighted by atomic mass is 10.1. The molecule has 7 heteroatoms. The van der Waals surface area contributed by atoms with Gasteiger partial charge in [0.05, 0.1) is 26.5 Å². The third-order valence-electron chi connectivity index (χ3n) is 2.77. The molecule has 0 unspecified atom stereocenters. The first-order valence-electron chi connectivity index (χ1n) is 6.30. The number of carbonyl (C=O) groups excluding carboxylic acids is 1. The third-order valence-corrected chi connectivity index (χ3v) is 3.52. The number of methoxy groups -OCH3 is 2. The van der Waals surface area contributed by atoms with Crippen molar-refractivity contribution in [3.05, 3.63) is 23.6 Å². The smallest absolute Gasteiger partial charge is 0.240 e. The molecule has 0 aliphatic rings. The molecule has 2 N–H and O–H groups in total. The van der Waals surface area contributed by atoms with E-state index in [1.165, 1.54) is 11.3 Å². The summed E-state index contributed by atoms with van der Waals surface area (Å²) in [5.41, 5.74) is 1.68. The molecule has 21 heavy (non-hydrogen) atoms. The van der Waals surface area contributed by atoms with Crippen LogP contribution in [0.25, 0.3) is 11.3 Å². The summed E-state index contributed by atoms with van der Waals surface area (Å²) in [5.74, 6) is 1.19. The molecule has 0 saturated heterocycles. The molecule has 0 atom stereocenters. The molecule has 0 bridgehead atoms. The summed E-state index contributed by atoms with van der Waals surface area (Å²) in [6.07, 6.45) is 0. The van der Waals surface area contributed by atoms with Crippen LogP contribution in [0, 0.1) is 0 Å². The Hall–Kier alpha value is -2.12. The summed E-state index contributed by atoms with van der Waals surface area (Å²) in [6, 6.07) is 5.58. The number of rotatable bonds is 6. The van der Waals surface area contributed by atoms with Crippen LogP contribution in [-0.4, -0.2) is 38.7 Å². The fourth-order valence-corrected chi connectivity index (χ4v) is 2.52. The van der Waals surface area contributed by atoms with Gasteiger partial charge in [-0.05, 0) is 25.2 Å². The minimum atomic E-state index is -0.120. The number of aromatic nitrogens is 1. The van der Waals surface area contributed by atoms with E-state index in [-0.39, 0.29) is 12.5 Å². The van der Waals surface area contributed by atoms with Crippen LogP contribution in [0.2, 0.25) is 0 Å². The van der Waals surface area contributed by atoms with Gasteiger partial charge in [-0.3, -0.25) is 4.79 Å². The number of hydrogen-bond donors (Lipinski definition) is 2. The molecule has 1 aromatic heterocycles. The number of benzene rings is 1. The maximum absolute atomic E-state index is 11.5. The van der Waals surface area contributed by atoms with Crippen LogP contribution in [0.15, 0.2) is 23.6 Å². The Kier molecular flexibility index (Phi) is 5.13. The van der Waals surface area contributed by atoms with E-state index in [1.54, 1.807) is 21.3 Å². The molecule has 0 aliphatic heterocycles. The normalized spacial score (nSPS) is 10.2. The summed E-state index contributed by atoms with van der Waals surface area (Å²) in [6.45, 7) is 0.255. The molecular weight excluding hydrogens is 290 g/mol. The fraction of sp³-hybridized carbons (Fsp3) is 0.286. The number of nitrogens with zero attached hydrogens (tertiary/aromatic N) is 1. The van der Waals surface area contributed by atoms with Crippen molar-refractivity contribution >= 4 is 22.4 Å². The average molecular weight is 307 g/mol. The molecule has 1 aromatic carbocycles. The first kappa shape index (κ1) is 15.3. The molecule has 112 valence electrons. The van der Waals surface area contributed by atoms with Crippen molar-refractivity contribution in [3.8, 4) is 22.8 Å². The summed E-state index contributed by atoms with van der Waals surface area (Å²) in [7, 11) is 4.90. The highest BCUT2D eigenvalue weighted by Crippen LogP contribution is 2.33. The number of hydrogen-bond acceptors (Lipinski definition) is 6. The predicted octanol–water partition coefficient (Wildman–Crippen LogP) is 1.99. The molecule has 0 aliphatic carbocycles. The van der Waals surface area contributed by atoms with Gasteiger partial charge in [-0.25, -0.2) is 4.98 Å². The Balaban J connectivity index is 2.19. The van der Waals surface area contributed by atoms with E-state index in [9.17, 15) is 4.79 Å². The number of anilines is 1. The Bertz CT molecular complexity index is 628. The van der Waals surface area contributed by atoms with Gasteiger partial charge in [0.1, 0.15) is 0 Å². The van der Waals surface area contributed by atoms with E-state index in [2.05, 4.69) is 15.6 Å². The monoisotopic (exact) mass is 307 g/mol. The number of likely N-dealkylation sites (N-methyl/N-ethyl adjacent to an activating group) is 1. The van der Waals surface area contributed by atoms with Crippen LogP contribution in [-0.2, 0) is 4.79 Å². The van der Waals surface area contributed by atoms with Crippen molar-refractivity contribution in [2.24, 2.45) is 0 Å². The quantitative estimate of drug-likeness (QED) is 0.854. The molecule has 0 radical (unpaired) electrons. The number of amides is 1. The topological polar surface area (TPSA) is 72.5 Å². The van der Waals surface area contributed by atoms with E-state index >= 15 is 0 Å². The summed E-state index contributed by atoms with van der Waals surface area (Å²) >= 11 is 1.38. The zero-order valence-electron chi connectivity index (χ0n) is 12.1. The Morgan fingerprint density at radius 2 is 2.05 bits per heavy atom. The lowest BCUT2D eigenvalue weighted by Crippen LogP contribution is -2.24.